The lowest BCUT2D eigenvalue weighted by Crippen LogP contribution is -2.27. The molecule has 0 bridgehead atoms. The van der Waals surface area contributed by atoms with Crippen molar-refractivity contribution >= 4 is 29.2 Å². The fraction of sp³-hybridized carbons (Fsp3) is 0.308. The molecule has 0 aliphatic carbocycles. The molecule has 2 rings (SSSR count). The van der Waals surface area contributed by atoms with Crippen molar-refractivity contribution in [2.24, 2.45) is 5.92 Å². The molecular formula is C13H14N2O4. The fourth-order valence-electron chi connectivity index (χ4n) is 2.11. The third-order valence-electron chi connectivity index (χ3n) is 2.98. The van der Waals surface area contributed by atoms with Gasteiger partial charge in [0, 0.05) is 19.9 Å². The number of aliphatic carboxylic acids is 1. The Bertz CT molecular complexity index is 541. The Balaban J connectivity index is 2.29. The number of para-hydroxylation sites is 2. The molecule has 19 heavy (non-hydrogen) atoms. The Morgan fingerprint density at radius 1 is 1.37 bits per heavy atom. The van der Waals surface area contributed by atoms with Crippen molar-refractivity contribution in [1.29, 1.82) is 0 Å². The van der Waals surface area contributed by atoms with E-state index in [0.29, 0.717) is 11.4 Å². The minimum absolute atomic E-state index is 0.0102. The Morgan fingerprint density at radius 3 is 2.63 bits per heavy atom. The maximum Gasteiger partial charge on any atom is 0.308 e. The molecule has 1 unspecified atom stereocenters. The zero-order chi connectivity index (χ0) is 14.0. The first-order valence-corrected chi connectivity index (χ1v) is 5.89. The van der Waals surface area contributed by atoms with Crippen LogP contribution in [0.1, 0.15) is 13.3 Å². The van der Waals surface area contributed by atoms with Crippen molar-refractivity contribution in [2.45, 2.75) is 13.3 Å². The number of benzene rings is 1. The first-order chi connectivity index (χ1) is 8.99. The van der Waals surface area contributed by atoms with E-state index in [1.54, 1.807) is 24.3 Å². The van der Waals surface area contributed by atoms with E-state index >= 15 is 0 Å². The van der Waals surface area contributed by atoms with Crippen molar-refractivity contribution in [1.82, 2.24) is 0 Å². The minimum atomic E-state index is -0.979. The summed E-state index contributed by atoms with van der Waals surface area (Å²) in [5.41, 5.74) is 1.04. The molecule has 2 N–H and O–H groups in total. The molecule has 0 saturated carbocycles. The van der Waals surface area contributed by atoms with Gasteiger partial charge in [0.25, 0.3) is 0 Å². The van der Waals surface area contributed by atoms with E-state index in [-0.39, 0.29) is 24.8 Å². The second kappa shape index (κ2) is 5.09. The summed E-state index contributed by atoms with van der Waals surface area (Å²) in [6, 6.07) is 6.84. The van der Waals surface area contributed by atoms with Crippen LogP contribution >= 0.6 is 0 Å². The van der Waals surface area contributed by atoms with Crippen molar-refractivity contribution in [3.63, 3.8) is 0 Å². The number of amides is 2. The summed E-state index contributed by atoms with van der Waals surface area (Å²) in [5, 5.41) is 11.6. The molecule has 0 radical (unpaired) electrons. The van der Waals surface area contributed by atoms with Gasteiger partial charge >= 0.3 is 5.97 Å². The zero-order valence-corrected chi connectivity index (χ0v) is 10.4. The van der Waals surface area contributed by atoms with E-state index in [2.05, 4.69) is 5.32 Å². The van der Waals surface area contributed by atoms with Crippen LogP contribution < -0.4 is 10.2 Å². The number of hydrogen-bond acceptors (Lipinski definition) is 3. The summed E-state index contributed by atoms with van der Waals surface area (Å²) in [4.78, 5) is 35.3. The van der Waals surface area contributed by atoms with Crippen LogP contribution in [0.15, 0.2) is 24.3 Å². The first-order valence-electron chi connectivity index (χ1n) is 5.89. The first kappa shape index (κ1) is 13.1. The Kier molecular flexibility index (Phi) is 3.50. The predicted molar refractivity (Wildman–Crippen MR) is 68.8 cm³/mol. The highest BCUT2D eigenvalue weighted by Gasteiger charge is 2.35. The molecule has 1 fully saturated rings. The van der Waals surface area contributed by atoms with Gasteiger partial charge in [-0.1, -0.05) is 12.1 Å². The highest BCUT2D eigenvalue weighted by Crippen LogP contribution is 2.31. The smallest absolute Gasteiger partial charge is 0.308 e. The highest BCUT2D eigenvalue weighted by atomic mass is 16.4. The molecule has 100 valence electrons. The molecule has 1 atom stereocenters. The number of carbonyl (C=O) groups is 3. The van der Waals surface area contributed by atoms with Gasteiger partial charge in [-0.3, -0.25) is 14.4 Å². The van der Waals surface area contributed by atoms with Crippen LogP contribution in [0, 0.1) is 5.92 Å². The lowest BCUT2D eigenvalue weighted by Gasteiger charge is -2.19. The van der Waals surface area contributed by atoms with Gasteiger partial charge < -0.3 is 15.3 Å². The SMILES string of the molecule is CC(=O)Nc1ccccc1N1CC(C(=O)O)CC1=O. The molecule has 6 heteroatoms. The van der Waals surface area contributed by atoms with Gasteiger partial charge in [0.1, 0.15) is 0 Å². The highest BCUT2D eigenvalue weighted by molar-refractivity contribution is 6.03. The number of nitrogens with one attached hydrogen (secondary N) is 1. The lowest BCUT2D eigenvalue weighted by atomic mass is 10.1. The maximum atomic E-state index is 11.9. The number of anilines is 2. The second-order valence-electron chi connectivity index (χ2n) is 4.44. The lowest BCUT2D eigenvalue weighted by molar-refractivity contribution is -0.141. The Morgan fingerprint density at radius 2 is 2.05 bits per heavy atom. The number of rotatable bonds is 3. The molecule has 1 aliphatic rings. The van der Waals surface area contributed by atoms with Gasteiger partial charge in [-0.15, -0.1) is 0 Å². The monoisotopic (exact) mass is 262 g/mol. The van der Waals surface area contributed by atoms with E-state index in [1.807, 2.05) is 0 Å². The van der Waals surface area contributed by atoms with E-state index in [1.165, 1.54) is 11.8 Å². The summed E-state index contributed by atoms with van der Waals surface area (Å²) in [6.07, 6.45) is -0.0102. The van der Waals surface area contributed by atoms with E-state index in [0.717, 1.165) is 0 Å². The normalized spacial score (nSPS) is 18.5. The number of carbonyl (C=O) groups excluding carboxylic acids is 2. The number of carboxylic acid groups (broad SMARTS) is 1. The molecule has 1 aromatic rings. The molecule has 6 nitrogen and oxygen atoms in total. The van der Waals surface area contributed by atoms with Gasteiger partial charge in [0.05, 0.1) is 17.3 Å². The predicted octanol–water partition coefficient (Wildman–Crippen LogP) is 1.08. The molecule has 1 aliphatic heterocycles. The van der Waals surface area contributed by atoms with Crippen molar-refractivity contribution in [2.75, 3.05) is 16.8 Å². The zero-order valence-electron chi connectivity index (χ0n) is 10.4. The third kappa shape index (κ3) is 2.73. The Labute approximate surface area is 110 Å². The van der Waals surface area contributed by atoms with E-state index in [9.17, 15) is 14.4 Å². The third-order valence-corrected chi connectivity index (χ3v) is 2.98. The molecule has 2 amide bonds. The molecule has 0 aromatic heterocycles. The number of carboxylic acids is 1. The van der Waals surface area contributed by atoms with Crippen molar-refractivity contribution < 1.29 is 19.5 Å². The molecule has 0 spiro atoms. The van der Waals surface area contributed by atoms with Gasteiger partial charge in [-0.05, 0) is 12.1 Å². The van der Waals surface area contributed by atoms with Crippen LogP contribution in [0.4, 0.5) is 11.4 Å². The van der Waals surface area contributed by atoms with Crippen LogP contribution in [0.3, 0.4) is 0 Å². The molecule has 1 aromatic carbocycles. The van der Waals surface area contributed by atoms with Gasteiger partial charge in [-0.2, -0.15) is 0 Å². The van der Waals surface area contributed by atoms with Crippen LogP contribution in [0.5, 0.6) is 0 Å². The molecule has 1 heterocycles. The Hall–Kier alpha value is -2.37. The number of nitrogens with zero attached hydrogens (tertiary/aromatic N) is 1. The van der Waals surface area contributed by atoms with E-state index in [4.69, 9.17) is 5.11 Å². The van der Waals surface area contributed by atoms with Crippen LogP contribution in [-0.2, 0) is 14.4 Å². The van der Waals surface area contributed by atoms with Crippen molar-refractivity contribution in [3.8, 4) is 0 Å². The van der Waals surface area contributed by atoms with Crippen LogP contribution in [0.25, 0.3) is 0 Å². The van der Waals surface area contributed by atoms with Crippen molar-refractivity contribution in [3.05, 3.63) is 24.3 Å². The fourth-order valence-corrected chi connectivity index (χ4v) is 2.11. The van der Waals surface area contributed by atoms with Gasteiger partial charge in [0.2, 0.25) is 11.8 Å². The quantitative estimate of drug-likeness (QED) is 0.853. The average Bonchev–Trinajstić information content (AvgIpc) is 2.71. The van der Waals surface area contributed by atoms with Crippen LogP contribution in [-0.4, -0.2) is 29.4 Å². The van der Waals surface area contributed by atoms with Gasteiger partial charge in [-0.25, -0.2) is 0 Å². The molecular weight excluding hydrogens is 248 g/mol. The summed E-state index contributed by atoms with van der Waals surface area (Å²) in [7, 11) is 0. The minimum Gasteiger partial charge on any atom is -0.481 e. The topological polar surface area (TPSA) is 86.7 Å². The van der Waals surface area contributed by atoms with Crippen LogP contribution in [0.2, 0.25) is 0 Å². The maximum absolute atomic E-state index is 11.9. The standard InChI is InChI=1S/C13H14N2O4/c1-8(16)14-10-4-2-3-5-11(10)15-7-9(13(18)19)6-12(15)17/h2-5,9H,6-7H2,1H3,(H,14,16)(H,18,19). The van der Waals surface area contributed by atoms with Gasteiger partial charge in [0.15, 0.2) is 0 Å². The average molecular weight is 262 g/mol. The summed E-state index contributed by atoms with van der Waals surface area (Å²) in [5.74, 6) is -2.16. The summed E-state index contributed by atoms with van der Waals surface area (Å²) < 4.78 is 0. The molecule has 1 saturated heterocycles. The summed E-state index contributed by atoms with van der Waals surface area (Å²) >= 11 is 0. The number of hydrogen-bond donors (Lipinski definition) is 2. The summed E-state index contributed by atoms with van der Waals surface area (Å²) in [6.45, 7) is 1.51. The van der Waals surface area contributed by atoms with E-state index < -0.39 is 11.9 Å². The largest absolute Gasteiger partial charge is 0.481 e. The second-order valence-corrected chi connectivity index (χ2v) is 4.44.